The molecule has 2 amide bonds. The van der Waals surface area contributed by atoms with Crippen LogP contribution in [0.25, 0.3) is 11.1 Å². The number of ether oxygens (including phenoxy) is 1. The monoisotopic (exact) mass is 383 g/mol. The van der Waals surface area contributed by atoms with Gasteiger partial charge < -0.3 is 14.2 Å². The normalized spacial score (nSPS) is 18.6. The van der Waals surface area contributed by atoms with E-state index in [9.17, 15) is 9.59 Å². The van der Waals surface area contributed by atoms with Gasteiger partial charge in [-0.1, -0.05) is 24.1 Å². The zero-order chi connectivity index (χ0) is 20.0. The number of carbonyl (C=O) groups excluding carboxylic acids is 2. The summed E-state index contributed by atoms with van der Waals surface area (Å²) in [4.78, 5) is 28.4. The molecule has 1 saturated carbocycles. The van der Waals surface area contributed by atoms with Gasteiger partial charge in [-0.2, -0.15) is 0 Å². The minimum absolute atomic E-state index is 0.00796. The lowest BCUT2D eigenvalue weighted by molar-refractivity contribution is -0.132. The molecule has 0 unspecified atom stereocenters. The first-order valence-corrected chi connectivity index (χ1v) is 9.60. The Kier molecular flexibility index (Phi) is 4.61. The van der Waals surface area contributed by atoms with Crippen LogP contribution in [-0.2, 0) is 9.59 Å². The first kappa shape index (κ1) is 18.5. The molecule has 0 spiro atoms. The quantitative estimate of drug-likeness (QED) is 0.793. The number of hydrogen-bond acceptors (Lipinski definition) is 5. The standard InChI is InChI=1S/C21H25N3O4/c1-12-20(13(2)28-22-12)15-7-8-16-17(10-15)27-18(9-14-5-6-14)21(26)24(16)11-19(25)23(3)4/h7-8,10,14,18H,5-6,9,11H2,1-4H3/t18-/m1/s1. The van der Waals surface area contributed by atoms with Crippen LogP contribution in [0.2, 0.25) is 0 Å². The Bertz CT molecular complexity index is 910. The number of amides is 2. The Morgan fingerprint density at radius 2 is 2.04 bits per heavy atom. The van der Waals surface area contributed by atoms with E-state index >= 15 is 0 Å². The van der Waals surface area contributed by atoms with Crippen molar-refractivity contribution in [3.8, 4) is 16.9 Å². The predicted molar refractivity (Wildman–Crippen MR) is 104 cm³/mol. The summed E-state index contributed by atoms with van der Waals surface area (Å²) >= 11 is 0. The summed E-state index contributed by atoms with van der Waals surface area (Å²) in [6.45, 7) is 3.78. The van der Waals surface area contributed by atoms with Crippen LogP contribution >= 0.6 is 0 Å². The molecule has 148 valence electrons. The Hall–Kier alpha value is -2.83. The summed E-state index contributed by atoms with van der Waals surface area (Å²) in [6.07, 6.45) is 2.42. The van der Waals surface area contributed by atoms with E-state index in [1.165, 1.54) is 4.90 Å². The van der Waals surface area contributed by atoms with Crippen molar-refractivity contribution in [2.45, 2.75) is 39.2 Å². The lowest BCUT2D eigenvalue weighted by atomic mass is 10.0. The molecule has 2 aliphatic rings. The second kappa shape index (κ2) is 6.96. The molecule has 1 fully saturated rings. The number of anilines is 1. The van der Waals surface area contributed by atoms with Gasteiger partial charge in [0.15, 0.2) is 6.10 Å². The summed E-state index contributed by atoms with van der Waals surface area (Å²) in [5.41, 5.74) is 3.28. The Morgan fingerprint density at radius 1 is 1.29 bits per heavy atom. The van der Waals surface area contributed by atoms with Crippen LogP contribution < -0.4 is 9.64 Å². The molecule has 0 N–H and O–H groups in total. The van der Waals surface area contributed by atoms with E-state index in [-0.39, 0.29) is 18.4 Å². The third kappa shape index (κ3) is 3.37. The average Bonchev–Trinajstić information content (AvgIpc) is 3.41. The van der Waals surface area contributed by atoms with Crippen LogP contribution in [0.5, 0.6) is 5.75 Å². The van der Waals surface area contributed by atoms with E-state index in [1.54, 1.807) is 19.0 Å². The van der Waals surface area contributed by atoms with Crippen LogP contribution in [0, 0.1) is 19.8 Å². The molecule has 4 rings (SSSR count). The molecule has 2 aromatic rings. The van der Waals surface area contributed by atoms with Gasteiger partial charge in [-0.25, -0.2) is 0 Å². The third-order valence-corrected chi connectivity index (χ3v) is 5.42. The second-order valence-electron chi connectivity index (χ2n) is 7.88. The Balaban J connectivity index is 1.72. The molecule has 2 heterocycles. The maximum Gasteiger partial charge on any atom is 0.268 e. The molecule has 0 radical (unpaired) electrons. The van der Waals surface area contributed by atoms with Gasteiger partial charge in [-0.05, 0) is 43.9 Å². The van der Waals surface area contributed by atoms with Crippen LogP contribution in [-0.4, -0.2) is 48.6 Å². The topological polar surface area (TPSA) is 75.9 Å². The molecular weight excluding hydrogens is 358 g/mol. The number of aryl methyl sites for hydroxylation is 2. The van der Waals surface area contributed by atoms with Gasteiger partial charge in [0.25, 0.3) is 5.91 Å². The molecule has 1 atom stereocenters. The van der Waals surface area contributed by atoms with Crippen molar-refractivity contribution in [1.29, 1.82) is 0 Å². The van der Waals surface area contributed by atoms with Crippen LogP contribution in [0.4, 0.5) is 5.69 Å². The number of nitrogens with zero attached hydrogens (tertiary/aromatic N) is 3. The fraction of sp³-hybridized carbons (Fsp3) is 0.476. The lowest BCUT2D eigenvalue weighted by Crippen LogP contribution is -2.49. The maximum absolute atomic E-state index is 13.0. The van der Waals surface area contributed by atoms with Crippen LogP contribution in [0.3, 0.4) is 0 Å². The van der Waals surface area contributed by atoms with E-state index in [0.717, 1.165) is 35.4 Å². The third-order valence-electron chi connectivity index (χ3n) is 5.42. The fourth-order valence-corrected chi connectivity index (χ4v) is 3.62. The second-order valence-corrected chi connectivity index (χ2v) is 7.88. The van der Waals surface area contributed by atoms with E-state index in [2.05, 4.69) is 5.16 Å². The molecule has 1 aliphatic heterocycles. The lowest BCUT2D eigenvalue weighted by Gasteiger charge is -2.35. The highest BCUT2D eigenvalue weighted by Crippen LogP contribution is 2.42. The molecule has 1 aromatic heterocycles. The molecule has 0 bridgehead atoms. The van der Waals surface area contributed by atoms with Gasteiger partial charge in [0.05, 0.1) is 11.4 Å². The SMILES string of the molecule is Cc1noc(C)c1-c1ccc2c(c1)O[C@H](CC1CC1)C(=O)N2CC(=O)N(C)C. The molecule has 7 nitrogen and oxygen atoms in total. The highest BCUT2D eigenvalue weighted by molar-refractivity contribution is 6.04. The molecule has 28 heavy (non-hydrogen) atoms. The van der Waals surface area contributed by atoms with Gasteiger partial charge >= 0.3 is 0 Å². The van der Waals surface area contributed by atoms with E-state index < -0.39 is 6.10 Å². The molecular formula is C21H25N3O4. The summed E-state index contributed by atoms with van der Waals surface area (Å²) in [5, 5.41) is 4.02. The highest BCUT2D eigenvalue weighted by atomic mass is 16.5. The number of aromatic nitrogens is 1. The van der Waals surface area contributed by atoms with E-state index in [0.29, 0.717) is 23.8 Å². The first-order valence-electron chi connectivity index (χ1n) is 9.60. The summed E-state index contributed by atoms with van der Waals surface area (Å²) < 4.78 is 11.4. The number of likely N-dealkylation sites (N-methyl/N-ethyl adjacent to an activating group) is 1. The minimum atomic E-state index is -0.546. The first-order chi connectivity index (χ1) is 13.3. The number of benzene rings is 1. The zero-order valence-corrected chi connectivity index (χ0v) is 16.7. The van der Waals surface area contributed by atoms with Crippen molar-refractivity contribution in [2.24, 2.45) is 5.92 Å². The van der Waals surface area contributed by atoms with Crippen molar-refractivity contribution < 1.29 is 18.8 Å². The molecule has 0 saturated heterocycles. The van der Waals surface area contributed by atoms with Gasteiger partial charge in [0, 0.05) is 19.7 Å². The average molecular weight is 383 g/mol. The largest absolute Gasteiger partial charge is 0.478 e. The van der Waals surface area contributed by atoms with Crippen LogP contribution in [0.1, 0.15) is 30.7 Å². The fourth-order valence-electron chi connectivity index (χ4n) is 3.62. The zero-order valence-electron chi connectivity index (χ0n) is 16.7. The maximum atomic E-state index is 13.0. The van der Waals surface area contributed by atoms with Gasteiger partial charge in [0.1, 0.15) is 18.1 Å². The molecule has 7 heteroatoms. The van der Waals surface area contributed by atoms with Crippen molar-refractivity contribution in [2.75, 3.05) is 25.5 Å². The summed E-state index contributed by atoms with van der Waals surface area (Å²) in [7, 11) is 3.38. The minimum Gasteiger partial charge on any atom is -0.478 e. The Morgan fingerprint density at radius 3 is 2.64 bits per heavy atom. The van der Waals surface area contributed by atoms with Gasteiger partial charge in [0.2, 0.25) is 5.91 Å². The smallest absolute Gasteiger partial charge is 0.268 e. The number of hydrogen-bond donors (Lipinski definition) is 0. The summed E-state index contributed by atoms with van der Waals surface area (Å²) in [6, 6.07) is 5.67. The summed E-state index contributed by atoms with van der Waals surface area (Å²) in [5.74, 6) is 1.63. The molecule has 1 aliphatic carbocycles. The van der Waals surface area contributed by atoms with Gasteiger partial charge in [-0.15, -0.1) is 0 Å². The van der Waals surface area contributed by atoms with Crippen molar-refractivity contribution in [1.82, 2.24) is 10.1 Å². The number of carbonyl (C=O) groups is 2. The van der Waals surface area contributed by atoms with Crippen molar-refractivity contribution in [3.63, 3.8) is 0 Å². The van der Waals surface area contributed by atoms with Gasteiger partial charge in [-0.3, -0.25) is 14.5 Å². The Labute approximate surface area is 164 Å². The highest BCUT2D eigenvalue weighted by Gasteiger charge is 2.39. The van der Waals surface area contributed by atoms with Crippen LogP contribution in [0.15, 0.2) is 22.7 Å². The number of rotatable bonds is 5. The van der Waals surface area contributed by atoms with Crippen molar-refractivity contribution >= 4 is 17.5 Å². The van der Waals surface area contributed by atoms with Crippen molar-refractivity contribution in [3.05, 3.63) is 29.7 Å². The predicted octanol–water partition coefficient (Wildman–Crippen LogP) is 2.94. The van der Waals surface area contributed by atoms with E-state index in [4.69, 9.17) is 9.26 Å². The molecule has 1 aromatic carbocycles. The van der Waals surface area contributed by atoms with E-state index in [1.807, 2.05) is 32.0 Å². The number of fused-ring (bicyclic) bond motifs is 1.